The molecule has 0 unspecified atom stereocenters. The summed E-state index contributed by atoms with van der Waals surface area (Å²) < 4.78 is 0. The highest BCUT2D eigenvalue weighted by Crippen LogP contribution is 2.26. The Bertz CT molecular complexity index is 361. The number of halogens is 1. The minimum atomic E-state index is 0.308. The van der Waals surface area contributed by atoms with Crippen LogP contribution >= 0.6 is 11.6 Å². The van der Waals surface area contributed by atoms with Gasteiger partial charge in [-0.2, -0.15) is 0 Å². The Kier molecular flexibility index (Phi) is 3.64. The van der Waals surface area contributed by atoms with E-state index in [4.69, 9.17) is 11.6 Å². The van der Waals surface area contributed by atoms with Gasteiger partial charge in [0, 0.05) is 18.5 Å². The fourth-order valence-corrected chi connectivity index (χ4v) is 1.92. The molecule has 0 radical (unpaired) electrons. The SMILES string of the molecule is CC(C)c1nc(Cl)cc(NCC2CCC2)n1. The van der Waals surface area contributed by atoms with Crippen LogP contribution in [-0.2, 0) is 0 Å². The predicted molar refractivity (Wildman–Crippen MR) is 67.0 cm³/mol. The lowest BCUT2D eigenvalue weighted by Gasteiger charge is -2.25. The van der Waals surface area contributed by atoms with Crippen molar-refractivity contribution in [3.63, 3.8) is 0 Å². The van der Waals surface area contributed by atoms with Crippen LogP contribution in [0, 0.1) is 5.92 Å². The van der Waals surface area contributed by atoms with Gasteiger partial charge >= 0.3 is 0 Å². The lowest BCUT2D eigenvalue weighted by atomic mass is 9.85. The van der Waals surface area contributed by atoms with Gasteiger partial charge in [-0.15, -0.1) is 0 Å². The van der Waals surface area contributed by atoms with E-state index in [1.165, 1.54) is 19.3 Å². The minimum Gasteiger partial charge on any atom is -0.370 e. The molecule has 16 heavy (non-hydrogen) atoms. The standard InChI is InChI=1S/C12H18ClN3/c1-8(2)12-15-10(13)6-11(16-12)14-7-9-4-3-5-9/h6,8-9H,3-5,7H2,1-2H3,(H,14,15,16). The highest BCUT2D eigenvalue weighted by Gasteiger charge is 2.17. The molecule has 0 aliphatic heterocycles. The molecule has 1 aliphatic carbocycles. The average molecular weight is 240 g/mol. The van der Waals surface area contributed by atoms with Crippen LogP contribution in [0.3, 0.4) is 0 Å². The van der Waals surface area contributed by atoms with Gasteiger partial charge in [-0.05, 0) is 18.8 Å². The number of anilines is 1. The highest BCUT2D eigenvalue weighted by atomic mass is 35.5. The monoisotopic (exact) mass is 239 g/mol. The molecule has 1 saturated carbocycles. The van der Waals surface area contributed by atoms with Crippen molar-refractivity contribution in [1.82, 2.24) is 9.97 Å². The van der Waals surface area contributed by atoms with Gasteiger partial charge in [0.1, 0.15) is 16.8 Å². The third-order valence-corrected chi connectivity index (χ3v) is 3.22. The average Bonchev–Trinajstić information content (AvgIpc) is 2.14. The molecule has 0 bridgehead atoms. The van der Waals surface area contributed by atoms with Crippen molar-refractivity contribution in [1.29, 1.82) is 0 Å². The molecular weight excluding hydrogens is 222 g/mol. The summed E-state index contributed by atoms with van der Waals surface area (Å²) in [6, 6.07) is 1.80. The van der Waals surface area contributed by atoms with Crippen molar-refractivity contribution in [2.45, 2.75) is 39.0 Å². The molecule has 0 atom stereocenters. The van der Waals surface area contributed by atoms with Gasteiger partial charge in [0.2, 0.25) is 0 Å². The summed E-state index contributed by atoms with van der Waals surface area (Å²) in [5, 5.41) is 3.87. The Balaban J connectivity index is 2.01. The fraction of sp³-hybridized carbons (Fsp3) is 0.667. The van der Waals surface area contributed by atoms with Gasteiger partial charge < -0.3 is 5.32 Å². The van der Waals surface area contributed by atoms with E-state index in [-0.39, 0.29) is 0 Å². The lowest BCUT2D eigenvalue weighted by molar-refractivity contribution is 0.333. The largest absolute Gasteiger partial charge is 0.370 e. The Labute approximate surface area is 102 Å². The number of nitrogens with one attached hydrogen (secondary N) is 1. The molecule has 1 N–H and O–H groups in total. The Morgan fingerprint density at radius 3 is 2.75 bits per heavy atom. The number of rotatable bonds is 4. The number of nitrogens with zero attached hydrogens (tertiary/aromatic N) is 2. The van der Waals surface area contributed by atoms with Crippen molar-refractivity contribution in [2.24, 2.45) is 5.92 Å². The number of hydrogen-bond donors (Lipinski definition) is 1. The Morgan fingerprint density at radius 1 is 1.44 bits per heavy atom. The maximum atomic E-state index is 5.97. The van der Waals surface area contributed by atoms with Crippen LogP contribution in [0.1, 0.15) is 44.9 Å². The zero-order valence-electron chi connectivity index (χ0n) is 9.83. The van der Waals surface area contributed by atoms with E-state index in [9.17, 15) is 0 Å². The van der Waals surface area contributed by atoms with Crippen LogP contribution in [0.25, 0.3) is 0 Å². The summed E-state index contributed by atoms with van der Waals surface area (Å²) in [6.45, 7) is 5.15. The molecule has 1 heterocycles. The van der Waals surface area contributed by atoms with Crippen molar-refractivity contribution >= 4 is 17.4 Å². The minimum absolute atomic E-state index is 0.308. The molecule has 0 spiro atoms. The Morgan fingerprint density at radius 2 is 2.19 bits per heavy atom. The molecule has 3 nitrogen and oxygen atoms in total. The molecule has 0 aromatic carbocycles. The molecule has 88 valence electrons. The molecule has 1 aliphatic rings. The van der Waals surface area contributed by atoms with Crippen molar-refractivity contribution in [2.75, 3.05) is 11.9 Å². The second-order valence-electron chi connectivity index (χ2n) is 4.77. The van der Waals surface area contributed by atoms with Crippen LogP contribution in [0.2, 0.25) is 5.15 Å². The van der Waals surface area contributed by atoms with E-state index in [2.05, 4.69) is 29.1 Å². The lowest BCUT2D eigenvalue weighted by Crippen LogP contribution is -2.21. The van der Waals surface area contributed by atoms with E-state index in [0.29, 0.717) is 11.1 Å². The van der Waals surface area contributed by atoms with Crippen molar-refractivity contribution < 1.29 is 0 Å². The fourth-order valence-electron chi connectivity index (χ4n) is 1.73. The van der Waals surface area contributed by atoms with Crippen LogP contribution in [0.15, 0.2) is 6.07 Å². The van der Waals surface area contributed by atoms with E-state index in [0.717, 1.165) is 24.1 Å². The van der Waals surface area contributed by atoms with E-state index >= 15 is 0 Å². The zero-order valence-corrected chi connectivity index (χ0v) is 10.6. The van der Waals surface area contributed by atoms with Gasteiger partial charge in [0.05, 0.1) is 0 Å². The second kappa shape index (κ2) is 5.00. The third-order valence-electron chi connectivity index (χ3n) is 3.03. The summed E-state index contributed by atoms with van der Waals surface area (Å²) in [5.41, 5.74) is 0. The van der Waals surface area contributed by atoms with Gasteiger partial charge in [-0.3, -0.25) is 0 Å². The number of aromatic nitrogens is 2. The predicted octanol–water partition coefficient (Wildman–Crippen LogP) is 3.47. The maximum absolute atomic E-state index is 5.97. The van der Waals surface area contributed by atoms with Gasteiger partial charge in [-0.25, -0.2) is 9.97 Å². The van der Waals surface area contributed by atoms with Gasteiger partial charge in [0.25, 0.3) is 0 Å². The first-order valence-electron chi connectivity index (χ1n) is 5.93. The molecule has 1 aromatic rings. The summed E-state index contributed by atoms with van der Waals surface area (Å²) in [4.78, 5) is 8.67. The van der Waals surface area contributed by atoms with Gasteiger partial charge in [0.15, 0.2) is 0 Å². The summed E-state index contributed by atoms with van der Waals surface area (Å²) in [5.74, 6) is 2.79. The Hall–Kier alpha value is -0.830. The first-order chi connectivity index (χ1) is 7.65. The van der Waals surface area contributed by atoms with E-state index in [1.807, 2.05) is 0 Å². The number of hydrogen-bond acceptors (Lipinski definition) is 3. The van der Waals surface area contributed by atoms with Gasteiger partial charge in [-0.1, -0.05) is 31.9 Å². The smallest absolute Gasteiger partial charge is 0.135 e. The first-order valence-corrected chi connectivity index (χ1v) is 6.31. The molecule has 1 fully saturated rings. The molecule has 0 saturated heterocycles. The second-order valence-corrected chi connectivity index (χ2v) is 5.15. The quantitative estimate of drug-likeness (QED) is 0.818. The third kappa shape index (κ3) is 2.85. The summed E-state index contributed by atoms with van der Waals surface area (Å²) in [6.07, 6.45) is 4.04. The van der Waals surface area contributed by atoms with E-state index in [1.54, 1.807) is 6.07 Å². The normalized spacial score (nSPS) is 16.2. The van der Waals surface area contributed by atoms with Crippen molar-refractivity contribution in [3.8, 4) is 0 Å². The summed E-state index contributed by atoms with van der Waals surface area (Å²) in [7, 11) is 0. The van der Waals surface area contributed by atoms with Crippen LogP contribution in [0.4, 0.5) is 5.82 Å². The van der Waals surface area contributed by atoms with Crippen LogP contribution < -0.4 is 5.32 Å². The highest BCUT2D eigenvalue weighted by molar-refractivity contribution is 6.29. The molecule has 0 amide bonds. The molecule has 4 heteroatoms. The summed E-state index contributed by atoms with van der Waals surface area (Å²) >= 11 is 5.97. The van der Waals surface area contributed by atoms with Crippen molar-refractivity contribution in [3.05, 3.63) is 17.0 Å². The van der Waals surface area contributed by atoms with Crippen LogP contribution in [0.5, 0.6) is 0 Å². The zero-order chi connectivity index (χ0) is 11.5. The molecule has 2 rings (SSSR count). The van der Waals surface area contributed by atoms with E-state index < -0.39 is 0 Å². The topological polar surface area (TPSA) is 37.8 Å². The maximum Gasteiger partial charge on any atom is 0.135 e. The molecular formula is C12H18ClN3. The molecule has 1 aromatic heterocycles. The first kappa shape index (κ1) is 11.6. The van der Waals surface area contributed by atoms with Crippen LogP contribution in [-0.4, -0.2) is 16.5 Å².